The second-order valence-electron chi connectivity index (χ2n) is 3.91. The van der Waals surface area contributed by atoms with Crippen LogP contribution in [-0.4, -0.2) is 19.4 Å². The lowest BCUT2D eigenvalue weighted by atomic mass is 9.98. The molecule has 1 aromatic rings. The van der Waals surface area contributed by atoms with E-state index in [9.17, 15) is 13.6 Å². The van der Waals surface area contributed by atoms with Gasteiger partial charge in [0, 0.05) is 6.92 Å². The molecular formula is C12H15F2NO2. The maximum atomic E-state index is 13.4. The van der Waals surface area contributed by atoms with Gasteiger partial charge in [-0.1, -0.05) is 0 Å². The van der Waals surface area contributed by atoms with Crippen molar-refractivity contribution in [3.8, 4) is 5.75 Å². The van der Waals surface area contributed by atoms with Crippen molar-refractivity contribution in [1.29, 1.82) is 0 Å². The molecular weight excluding hydrogens is 228 g/mol. The van der Waals surface area contributed by atoms with Crippen LogP contribution in [0.25, 0.3) is 0 Å². The number of nitrogens with two attached hydrogens (primary N) is 1. The number of ether oxygens (including phenoxy) is 1. The molecule has 0 saturated heterocycles. The molecule has 5 heteroatoms. The van der Waals surface area contributed by atoms with Gasteiger partial charge in [-0.2, -0.15) is 0 Å². The summed E-state index contributed by atoms with van der Waals surface area (Å²) in [6.45, 7) is 2.16. The zero-order valence-corrected chi connectivity index (χ0v) is 10.0. The molecule has 0 aliphatic rings. The molecule has 0 unspecified atom stereocenters. The molecule has 1 rings (SSSR count). The van der Waals surface area contributed by atoms with E-state index >= 15 is 0 Å². The van der Waals surface area contributed by atoms with Crippen molar-refractivity contribution >= 4 is 5.78 Å². The van der Waals surface area contributed by atoms with E-state index in [-0.39, 0.29) is 23.4 Å². The molecule has 0 radical (unpaired) electrons. The number of rotatable bonds is 4. The standard InChI is InChI=1S/C12H15F2NO2/c1-7-4-8(10(16)6-15)11(17-3)9(5-7)12(2,13)14/h4-5H,6,15H2,1-3H3. The van der Waals surface area contributed by atoms with Gasteiger partial charge >= 0.3 is 0 Å². The molecule has 17 heavy (non-hydrogen) atoms. The molecule has 0 saturated carbocycles. The van der Waals surface area contributed by atoms with Crippen LogP contribution < -0.4 is 10.5 Å². The van der Waals surface area contributed by atoms with Crippen molar-refractivity contribution in [1.82, 2.24) is 0 Å². The first-order valence-corrected chi connectivity index (χ1v) is 5.11. The van der Waals surface area contributed by atoms with Crippen molar-refractivity contribution in [2.24, 2.45) is 5.73 Å². The summed E-state index contributed by atoms with van der Waals surface area (Å²) in [6, 6.07) is 2.81. The molecule has 0 fully saturated rings. The van der Waals surface area contributed by atoms with Crippen LogP contribution in [0.2, 0.25) is 0 Å². The first kappa shape index (κ1) is 13.6. The molecule has 0 bridgehead atoms. The Hall–Kier alpha value is -1.49. The van der Waals surface area contributed by atoms with Crippen LogP contribution in [0.1, 0.15) is 28.4 Å². The number of benzene rings is 1. The average Bonchev–Trinajstić information content (AvgIpc) is 2.25. The van der Waals surface area contributed by atoms with Gasteiger partial charge in [0.05, 0.1) is 24.8 Å². The average molecular weight is 243 g/mol. The number of alkyl halides is 2. The third kappa shape index (κ3) is 2.79. The van der Waals surface area contributed by atoms with Crippen LogP contribution in [-0.2, 0) is 5.92 Å². The molecule has 1 aromatic carbocycles. The van der Waals surface area contributed by atoms with Crippen LogP contribution in [0.15, 0.2) is 12.1 Å². The van der Waals surface area contributed by atoms with E-state index in [1.54, 1.807) is 6.92 Å². The predicted molar refractivity (Wildman–Crippen MR) is 60.7 cm³/mol. The zero-order valence-electron chi connectivity index (χ0n) is 10.0. The normalized spacial score (nSPS) is 11.4. The number of carbonyl (C=O) groups is 1. The lowest BCUT2D eigenvalue weighted by molar-refractivity contribution is 0.0149. The van der Waals surface area contributed by atoms with Crippen LogP contribution in [0.4, 0.5) is 8.78 Å². The molecule has 0 aliphatic heterocycles. The van der Waals surface area contributed by atoms with E-state index in [4.69, 9.17) is 10.5 Å². The fourth-order valence-corrected chi connectivity index (χ4v) is 1.64. The number of halogens is 2. The monoisotopic (exact) mass is 243 g/mol. The molecule has 0 heterocycles. The summed E-state index contributed by atoms with van der Waals surface area (Å²) in [5.41, 5.74) is 5.62. The number of Topliss-reactive ketones (excluding diaryl/α,β-unsaturated/α-hetero) is 1. The van der Waals surface area contributed by atoms with Gasteiger partial charge in [0.15, 0.2) is 5.78 Å². The fourth-order valence-electron chi connectivity index (χ4n) is 1.64. The van der Waals surface area contributed by atoms with Crippen LogP contribution >= 0.6 is 0 Å². The van der Waals surface area contributed by atoms with Crippen molar-refractivity contribution in [3.05, 3.63) is 28.8 Å². The van der Waals surface area contributed by atoms with Crippen molar-refractivity contribution < 1.29 is 18.3 Å². The third-order valence-electron chi connectivity index (χ3n) is 2.40. The minimum absolute atomic E-state index is 0.0986. The smallest absolute Gasteiger partial charge is 0.274 e. The van der Waals surface area contributed by atoms with Crippen LogP contribution in [0, 0.1) is 6.92 Å². The molecule has 3 nitrogen and oxygen atoms in total. The zero-order chi connectivity index (χ0) is 13.2. The Labute approximate surface area is 98.6 Å². The second kappa shape index (κ2) is 4.79. The summed E-state index contributed by atoms with van der Waals surface area (Å²) in [4.78, 5) is 11.6. The number of aryl methyl sites for hydroxylation is 1. The van der Waals surface area contributed by atoms with E-state index in [1.165, 1.54) is 19.2 Å². The van der Waals surface area contributed by atoms with E-state index < -0.39 is 11.7 Å². The predicted octanol–water partition coefficient (Wildman–Crippen LogP) is 2.26. The van der Waals surface area contributed by atoms with Crippen molar-refractivity contribution in [2.45, 2.75) is 19.8 Å². The Morgan fingerprint density at radius 1 is 1.47 bits per heavy atom. The van der Waals surface area contributed by atoms with Gasteiger partial charge in [-0.05, 0) is 24.6 Å². The lowest BCUT2D eigenvalue weighted by Gasteiger charge is -2.18. The Morgan fingerprint density at radius 2 is 2.06 bits per heavy atom. The quantitative estimate of drug-likeness (QED) is 0.825. The SMILES string of the molecule is COc1c(C(=O)CN)cc(C)cc1C(C)(F)F. The summed E-state index contributed by atoms with van der Waals surface area (Å²) in [7, 11) is 1.26. The third-order valence-corrected chi connectivity index (χ3v) is 2.40. The molecule has 0 aliphatic carbocycles. The summed E-state index contributed by atoms with van der Waals surface area (Å²) in [5.74, 6) is -3.59. The Bertz CT molecular complexity index is 439. The van der Waals surface area contributed by atoms with Gasteiger partial charge in [0.2, 0.25) is 0 Å². The lowest BCUT2D eigenvalue weighted by Crippen LogP contribution is -2.18. The molecule has 2 N–H and O–H groups in total. The maximum absolute atomic E-state index is 13.4. The minimum Gasteiger partial charge on any atom is -0.495 e. The van der Waals surface area contributed by atoms with Gasteiger partial charge in [-0.25, -0.2) is 8.78 Å². The molecule has 0 spiro atoms. The van der Waals surface area contributed by atoms with Gasteiger partial charge in [0.1, 0.15) is 5.75 Å². The van der Waals surface area contributed by atoms with E-state index in [0.717, 1.165) is 6.92 Å². The van der Waals surface area contributed by atoms with E-state index in [0.29, 0.717) is 5.56 Å². The second-order valence-corrected chi connectivity index (χ2v) is 3.91. The van der Waals surface area contributed by atoms with Gasteiger partial charge in [-0.3, -0.25) is 4.79 Å². The first-order valence-electron chi connectivity index (χ1n) is 5.11. The summed E-state index contributed by atoms with van der Waals surface area (Å²) in [5, 5.41) is 0. The highest BCUT2D eigenvalue weighted by Crippen LogP contribution is 2.37. The number of methoxy groups -OCH3 is 1. The molecule has 0 aromatic heterocycles. The summed E-state index contributed by atoms with van der Waals surface area (Å²) < 4.78 is 31.7. The maximum Gasteiger partial charge on any atom is 0.274 e. The highest BCUT2D eigenvalue weighted by Gasteiger charge is 2.31. The van der Waals surface area contributed by atoms with E-state index in [2.05, 4.69) is 0 Å². The van der Waals surface area contributed by atoms with Gasteiger partial charge in [-0.15, -0.1) is 0 Å². The molecule has 0 atom stereocenters. The number of hydrogen-bond donors (Lipinski definition) is 1. The van der Waals surface area contributed by atoms with Crippen molar-refractivity contribution in [3.63, 3.8) is 0 Å². The highest BCUT2D eigenvalue weighted by molar-refractivity contribution is 6.00. The first-order chi connectivity index (χ1) is 7.81. The number of ketones is 1. The van der Waals surface area contributed by atoms with Crippen LogP contribution in [0.3, 0.4) is 0 Å². The Kier molecular flexibility index (Phi) is 3.83. The number of hydrogen-bond acceptors (Lipinski definition) is 3. The van der Waals surface area contributed by atoms with Crippen LogP contribution in [0.5, 0.6) is 5.75 Å². The molecule has 0 amide bonds. The van der Waals surface area contributed by atoms with E-state index in [1.807, 2.05) is 0 Å². The summed E-state index contributed by atoms with van der Waals surface area (Å²) >= 11 is 0. The highest BCUT2D eigenvalue weighted by atomic mass is 19.3. The topological polar surface area (TPSA) is 52.3 Å². The Morgan fingerprint density at radius 3 is 2.47 bits per heavy atom. The molecule has 94 valence electrons. The van der Waals surface area contributed by atoms with Crippen molar-refractivity contribution in [2.75, 3.05) is 13.7 Å². The van der Waals surface area contributed by atoms with Gasteiger partial charge < -0.3 is 10.5 Å². The largest absolute Gasteiger partial charge is 0.495 e. The fraction of sp³-hybridized carbons (Fsp3) is 0.417. The number of carbonyl (C=O) groups excluding carboxylic acids is 1. The Balaban J connectivity index is 3.52. The minimum atomic E-state index is -3.07. The van der Waals surface area contributed by atoms with Gasteiger partial charge in [0.25, 0.3) is 5.92 Å². The summed E-state index contributed by atoms with van der Waals surface area (Å²) in [6.07, 6.45) is 0.